The summed E-state index contributed by atoms with van der Waals surface area (Å²) in [6, 6.07) is -1.24. The van der Waals surface area contributed by atoms with E-state index in [4.69, 9.17) is 29.4 Å². The molecule has 0 radical (unpaired) electrons. The fourth-order valence-corrected chi connectivity index (χ4v) is 4.00. The lowest BCUT2D eigenvalue weighted by Crippen LogP contribution is -2.65. The maximum atomic E-state index is 10.3. The van der Waals surface area contributed by atoms with Gasteiger partial charge in [-0.15, -0.1) is 0 Å². The largest absolute Gasteiger partial charge is 0.394 e. The highest BCUT2D eigenvalue weighted by molar-refractivity contribution is 4.95. The monoisotopic (exact) mass is 503 g/mol. The van der Waals surface area contributed by atoms with Gasteiger partial charge < -0.3 is 80.5 Å². The molecule has 16 heteroatoms. The van der Waals surface area contributed by atoms with Crippen LogP contribution in [-0.4, -0.2) is 163 Å². The topological polar surface area (TPSA) is 274 Å². The van der Waals surface area contributed by atoms with E-state index in [0.717, 1.165) is 0 Å². The molecule has 0 saturated carbocycles. The van der Waals surface area contributed by atoms with Crippen LogP contribution in [-0.2, 0) is 23.7 Å². The van der Waals surface area contributed by atoms with E-state index in [1.54, 1.807) is 0 Å². The molecule has 34 heavy (non-hydrogen) atoms. The standard InChI is InChI=1S/C18H33NO15/c19-7-10(24)8(22)4(1-20)32-17(7)30-3-6-9(23)11(25)14(28)18(33-6)34-15-5(2-21)31-16(29)13(27)12(15)26/h4-18,20-29H,1-3,19H2/t4-,5-,6-,7-,8+,9+,10-,11+,12-,13-,14-,15-,16+,17?,18+/m1/s1. The zero-order valence-electron chi connectivity index (χ0n) is 17.9. The summed E-state index contributed by atoms with van der Waals surface area (Å²) in [6.45, 7) is -1.92. The zero-order chi connectivity index (χ0) is 25.3. The maximum Gasteiger partial charge on any atom is 0.187 e. The predicted octanol–water partition coefficient (Wildman–Crippen LogP) is -7.61. The minimum atomic E-state index is -1.84. The molecule has 16 nitrogen and oxygen atoms in total. The Hall–Kier alpha value is -0.640. The van der Waals surface area contributed by atoms with E-state index in [1.807, 2.05) is 0 Å². The molecule has 0 spiro atoms. The van der Waals surface area contributed by atoms with Gasteiger partial charge in [-0.25, -0.2) is 0 Å². The summed E-state index contributed by atoms with van der Waals surface area (Å²) in [5.74, 6) is 0. The molecule has 0 aromatic rings. The van der Waals surface area contributed by atoms with E-state index in [2.05, 4.69) is 0 Å². The van der Waals surface area contributed by atoms with E-state index in [1.165, 1.54) is 0 Å². The van der Waals surface area contributed by atoms with E-state index in [0.29, 0.717) is 0 Å². The number of ether oxygens (including phenoxy) is 5. The number of nitrogens with two attached hydrogens (primary N) is 1. The van der Waals surface area contributed by atoms with E-state index >= 15 is 0 Å². The Morgan fingerprint density at radius 3 is 1.79 bits per heavy atom. The van der Waals surface area contributed by atoms with Crippen LogP contribution in [0.4, 0.5) is 0 Å². The van der Waals surface area contributed by atoms with Crippen LogP contribution >= 0.6 is 0 Å². The number of aliphatic hydroxyl groups excluding tert-OH is 10. The van der Waals surface area contributed by atoms with Crippen molar-refractivity contribution in [2.45, 2.75) is 92.1 Å². The summed E-state index contributed by atoms with van der Waals surface area (Å²) < 4.78 is 26.6. The number of aliphatic hydroxyl groups is 10. The number of hydrogen-bond acceptors (Lipinski definition) is 16. The first-order chi connectivity index (χ1) is 16.0. The molecule has 3 aliphatic rings. The highest BCUT2D eigenvalue weighted by atomic mass is 16.7. The van der Waals surface area contributed by atoms with Crippen molar-refractivity contribution in [1.82, 2.24) is 0 Å². The van der Waals surface area contributed by atoms with Gasteiger partial charge in [-0.3, -0.25) is 0 Å². The first-order valence-corrected chi connectivity index (χ1v) is 10.7. The summed E-state index contributed by atoms with van der Waals surface area (Å²) >= 11 is 0. The van der Waals surface area contributed by atoms with Crippen molar-refractivity contribution in [3.05, 3.63) is 0 Å². The molecule has 200 valence electrons. The Bertz CT molecular complexity index is 642. The quantitative estimate of drug-likeness (QED) is 0.154. The maximum absolute atomic E-state index is 10.3. The second-order valence-electron chi connectivity index (χ2n) is 8.46. The lowest BCUT2D eigenvalue weighted by Gasteiger charge is -2.46. The molecule has 3 rings (SSSR count). The fraction of sp³-hybridized carbons (Fsp3) is 1.00. The average molecular weight is 503 g/mol. The van der Waals surface area contributed by atoms with Crippen LogP contribution in [0.15, 0.2) is 0 Å². The van der Waals surface area contributed by atoms with Gasteiger partial charge in [0.25, 0.3) is 0 Å². The summed E-state index contributed by atoms with van der Waals surface area (Å²) in [6.07, 6.45) is -22.2. The Labute approximate surface area is 193 Å². The van der Waals surface area contributed by atoms with E-state index < -0.39 is 112 Å². The first kappa shape index (κ1) is 27.9. The Kier molecular flexibility index (Phi) is 9.54. The van der Waals surface area contributed by atoms with Gasteiger partial charge in [0.15, 0.2) is 18.9 Å². The third-order valence-electron chi connectivity index (χ3n) is 6.15. The van der Waals surface area contributed by atoms with Crippen molar-refractivity contribution in [2.24, 2.45) is 5.73 Å². The van der Waals surface area contributed by atoms with E-state index in [-0.39, 0.29) is 0 Å². The van der Waals surface area contributed by atoms with Gasteiger partial charge in [-0.1, -0.05) is 0 Å². The summed E-state index contributed by atoms with van der Waals surface area (Å²) in [4.78, 5) is 0. The lowest BCUT2D eigenvalue weighted by atomic mass is 9.96. The van der Waals surface area contributed by atoms with Crippen molar-refractivity contribution in [1.29, 1.82) is 0 Å². The third kappa shape index (κ3) is 5.52. The van der Waals surface area contributed by atoms with Gasteiger partial charge in [0.1, 0.15) is 67.1 Å². The Morgan fingerprint density at radius 1 is 0.588 bits per heavy atom. The molecule has 3 saturated heterocycles. The molecule has 0 aliphatic carbocycles. The van der Waals surface area contributed by atoms with Crippen LogP contribution in [0.5, 0.6) is 0 Å². The van der Waals surface area contributed by atoms with Crippen LogP contribution in [0.3, 0.4) is 0 Å². The van der Waals surface area contributed by atoms with Gasteiger partial charge in [0, 0.05) is 0 Å². The molecule has 12 N–H and O–H groups in total. The molecule has 0 aromatic heterocycles. The first-order valence-electron chi connectivity index (χ1n) is 10.7. The predicted molar refractivity (Wildman–Crippen MR) is 103 cm³/mol. The molecular formula is C18H33NO15. The van der Waals surface area contributed by atoms with Crippen molar-refractivity contribution in [3.8, 4) is 0 Å². The van der Waals surface area contributed by atoms with Crippen LogP contribution in [0.25, 0.3) is 0 Å². The molecule has 0 amide bonds. The van der Waals surface area contributed by atoms with Crippen LogP contribution in [0.1, 0.15) is 0 Å². The highest BCUT2D eigenvalue weighted by Crippen LogP contribution is 2.29. The lowest BCUT2D eigenvalue weighted by molar-refractivity contribution is -0.359. The zero-order valence-corrected chi connectivity index (χ0v) is 17.9. The van der Waals surface area contributed by atoms with Crippen molar-refractivity contribution in [2.75, 3.05) is 19.8 Å². The third-order valence-corrected chi connectivity index (χ3v) is 6.15. The van der Waals surface area contributed by atoms with Crippen molar-refractivity contribution in [3.63, 3.8) is 0 Å². The SMILES string of the molecule is N[C@H]1C(OC[C@H]2O[C@@H](O[C@H]3[C@H](O)[C@@H](O)[C@@H](O)O[C@@H]3CO)[C@H](O)[C@@H](O)[C@H]2O)O[C@H](CO)[C@H](O)[C@@H]1O. The van der Waals surface area contributed by atoms with Crippen LogP contribution < -0.4 is 5.73 Å². The Balaban J connectivity index is 1.66. The fourth-order valence-electron chi connectivity index (χ4n) is 4.00. The molecule has 3 fully saturated rings. The number of rotatable bonds is 7. The smallest absolute Gasteiger partial charge is 0.187 e. The van der Waals surface area contributed by atoms with Crippen LogP contribution in [0, 0.1) is 0 Å². The molecule has 15 atom stereocenters. The second kappa shape index (κ2) is 11.6. The minimum Gasteiger partial charge on any atom is -0.394 e. The molecule has 0 bridgehead atoms. The minimum absolute atomic E-state index is 0.529. The normalized spacial score (nSPS) is 52.5. The average Bonchev–Trinajstić information content (AvgIpc) is 2.82. The summed E-state index contributed by atoms with van der Waals surface area (Å²) in [5.41, 5.74) is 5.78. The highest BCUT2D eigenvalue weighted by Gasteiger charge is 2.51. The summed E-state index contributed by atoms with van der Waals surface area (Å²) in [5, 5.41) is 99.0. The molecule has 3 aliphatic heterocycles. The van der Waals surface area contributed by atoms with E-state index in [9.17, 15) is 51.1 Å². The van der Waals surface area contributed by atoms with Gasteiger partial charge in [0.05, 0.1) is 25.9 Å². The second-order valence-corrected chi connectivity index (χ2v) is 8.46. The van der Waals surface area contributed by atoms with Crippen LogP contribution in [0.2, 0.25) is 0 Å². The molecule has 3 heterocycles. The number of hydrogen-bond donors (Lipinski definition) is 11. The summed E-state index contributed by atoms with van der Waals surface area (Å²) in [7, 11) is 0. The Morgan fingerprint density at radius 2 is 1.18 bits per heavy atom. The van der Waals surface area contributed by atoms with Gasteiger partial charge in [-0.2, -0.15) is 0 Å². The van der Waals surface area contributed by atoms with Crippen molar-refractivity contribution >= 4 is 0 Å². The van der Waals surface area contributed by atoms with Gasteiger partial charge in [-0.05, 0) is 0 Å². The van der Waals surface area contributed by atoms with Gasteiger partial charge >= 0.3 is 0 Å². The molecular weight excluding hydrogens is 470 g/mol. The van der Waals surface area contributed by atoms with Gasteiger partial charge in [0.2, 0.25) is 0 Å². The molecule has 1 unspecified atom stereocenters. The van der Waals surface area contributed by atoms with Crippen molar-refractivity contribution < 1.29 is 74.7 Å². The molecule has 0 aromatic carbocycles.